The summed E-state index contributed by atoms with van der Waals surface area (Å²) in [5, 5.41) is 3.04. The van der Waals surface area contributed by atoms with Crippen molar-refractivity contribution in [3.63, 3.8) is 0 Å². The maximum absolute atomic E-state index is 5.39. The first-order valence-corrected chi connectivity index (χ1v) is 7.02. The van der Waals surface area contributed by atoms with Crippen LogP contribution in [0, 0.1) is 0 Å². The Kier molecular flexibility index (Phi) is 4.07. The zero-order valence-corrected chi connectivity index (χ0v) is 11.6. The molecule has 0 atom stereocenters. The lowest BCUT2D eigenvalue weighted by molar-refractivity contribution is 0.416. The minimum absolute atomic E-state index is 0.673. The van der Waals surface area contributed by atoms with Gasteiger partial charge in [0.05, 0.1) is 18.4 Å². The highest BCUT2D eigenvalue weighted by Crippen LogP contribution is 2.33. The Morgan fingerprint density at radius 2 is 2.24 bits per heavy atom. The van der Waals surface area contributed by atoms with E-state index < -0.39 is 0 Å². The van der Waals surface area contributed by atoms with Gasteiger partial charge in [0.1, 0.15) is 10.8 Å². The molecule has 0 fully saturated rings. The van der Waals surface area contributed by atoms with Crippen LogP contribution in [0.4, 0.5) is 0 Å². The van der Waals surface area contributed by atoms with Gasteiger partial charge in [-0.3, -0.25) is 0 Å². The van der Waals surface area contributed by atoms with Crippen LogP contribution in [0.5, 0.6) is 5.75 Å². The molecule has 0 aliphatic heterocycles. The molecule has 1 heterocycles. The quantitative estimate of drug-likeness (QED) is 0.849. The average Bonchev–Trinajstić information content (AvgIpc) is 2.86. The Labute approximate surface area is 111 Å². The van der Waals surface area contributed by atoms with Gasteiger partial charge in [-0.25, -0.2) is 4.98 Å². The Hall–Kier alpha value is -1.00. The predicted octanol–water partition coefficient (Wildman–Crippen LogP) is 3.81. The van der Waals surface area contributed by atoms with E-state index in [-0.39, 0.29) is 0 Å². The molecule has 2 rings (SSSR count). The summed E-state index contributed by atoms with van der Waals surface area (Å²) >= 11 is 5.87. The highest BCUT2D eigenvalue weighted by molar-refractivity contribution is 7.79. The zero-order valence-electron chi connectivity index (χ0n) is 9.93. The monoisotopic (exact) mass is 265 g/mol. The number of rotatable bonds is 4. The molecule has 0 saturated heterocycles. The van der Waals surface area contributed by atoms with E-state index in [2.05, 4.69) is 36.7 Å². The number of methoxy groups -OCH3 is 1. The van der Waals surface area contributed by atoms with E-state index >= 15 is 0 Å². The van der Waals surface area contributed by atoms with Gasteiger partial charge in [0, 0.05) is 11.1 Å². The van der Waals surface area contributed by atoms with Gasteiger partial charge in [-0.1, -0.05) is 13.0 Å². The molecular formula is C13H15NOS2. The maximum Gasteiger partial charge on any atom is 0.129 e. The predicted molar refractivity (Wildman–Crippen MR) is 76.2 cm³/mol. The lowest BCUT2D eigenvalue weighted by Crippen LogP contribution is -1.90. The molecule has 90 valence electrons. The highest BCUT2D eigenvalue weighted by Gasteiger charge is 2.10. The molecule has 1 aromatic heterocycles. The molecule has 4 heteroatoms. The number of thiazole rings is 1. The molecule has 17 heavy (non-hydrogen) atoms. The number of hydrogen-bond donors (Lipinski definition) is 1. The Balaban J connectivity index is 2.47. The summed E-state index contributed by atoms with van der Waals surface area (Å²) in [5.74, 6) is 1.55. The van der Waals surface area contributed by atoms with Gasteiger partial charge in [0.25, 0.3) is 0 Å². The second-order valence-corrected chi connectivity index (χ2v) is 4.86. The number of ether oxygens (including phenoxy) is 1. The molecule has 0 unspecified atom stereocenters. The van der Waals surface area contributed by atoms with Crippen molar-refractivity contribution in [2.75, 3.05) is 7.11 Å². The van der Waals surface area contributed by atoms with Crippen LogP contribution >= 0.6 is 24.0 Å². The molecular weight excluding hydrogens is 250 g/mol. The van der Waals surface area contributed by atoms with Gasteiger partial charge in [0.2, 0.25) is 0 Å². The van der Waals surface area contributed by atoms with Crippen LogP contribution < -0.4 is 4.74 Å². The second kappa shape index (κ2) is 5.56. The maximum atomic E-state index is 5.39. The molecule has 0 amide bonds. The normalized spacial score (nSPS) is 10.5. The van der Waals surface area contributed by atoms with E-state index in [1.165, 1.54) is 5.56 Å². The summed E-state index contributed by atoms with van der Waals surface area (Å²) in [6.07, 6.45) is 1.02. The molecule has 2 aromatic rings. The van der Waals surface area contributed by atoms with Crippen molar-refractivity contribution in [1.82, 2.24) is 4.98 Å². The van der Waals surface area contributed by atoms with E-state index in [1.54, 1.807) is 18.4 Å². The van der Waals surface area contributed by atoms with E-state index in [4.69, 9.17) is 4.74 Å². The summed E-state index contributed by atoms with van der Waals surface area (Å²) in [7, 11) is 1.69. The van der Waals surface area contributed by atoms with Crippen molar-refractivity contribution < 1.29 is 4.74 Å². The molecule has 0 radical (unpaired) electrons. The lowest BCUT2D eigenvalue weighted by atomic mass is 10.1. The number of benzene rings is 1. The van der Waals surface area contributed by atoms with Crippen LogP contribution in [0.2, 0.25) is 0 Å². The summed E-state index contributed by atoms with van der Waals surface area (Å²) in [6, 6.07) is 6.26. The van der Waals surface area contributed by atoms with Gasteiger partial charge in [-0.05, 0) is 24.1 Å². The second-order valence-electron chi connectivity index (χ2n) is 3.69. The number of aryl methyl sites for hydroxylation is 1. The number of nitrogens with zero attached hydrogens (tertiary/aromatic N) is 1. The fourth-order valence-electron chi connectivity index (χ4n) is 1.65. The van der Waals surface area contributed by atoms with E-state index in [0.717, 1.165) is 28.4 Å². The standard InChI is InChI=1S/C13H15NOS2/c1-3-9-4-5-12(15-2)11(6-9)13-14-10(7-16)8-17-13/h4-6,8,16H,3,7H2,1-2H3. The molecule has 0 bridgehead atoms. The van der Waals surface area contributed by atoms with E-state index in [9.17, 15) is 0 Å². The van der Waals surface area contributed by atoms with Crippen LogP contribution in [0.15, 0.2) is 23.6 Å². The van der Waals surface area contributed by atoms with E-state index in [0.29, 0.717) is 5.75 Å². The molecule has 0 spiro atoms. The van der Waals surface area contributed by atoms with Crippen molar-refractivity contribution in [2.45, 2.75) is 19.1 Å². The number of aromatic nitrogens is 1. The molecule has 0 saturated carbocycles. The third-order valence-corrected chi connectivity index (χ3v) is 3.86. The van der Waals surface area contributed by atoms with Gasteiger partial charge >= 0.3 is 0 Å². The van der Waals surface area contributed by atoms with Crippen LogP contribution in [0.25, 0.3) is 10.6 Å². The minimum Gasteiger partial charge on any atom is -0.496 e. The summed E-state index contributed by atoms with van der Waals surface area (Å²) in [5.41, 5.74) is 3.38. The van der Waals surface area contributed by atoms with Crippen LogP contribution in [0.3, 0.4) is 0 Å². The molecule has 0 aliphatic rings. The van der Waals surface area contributed by atoms with Gasteiger partial charge in [-0.15, -0.1) is 11.3 Å². The molecule has 0 N–H and O–H groups in total. The van der Waals surface area contributed by atoms with Gasteiger partial charge < -0.3 is 4.74 Å². The zero-order chi connectivity index (χ0) is 12.3. The van der Waals surface area contributed by atoms with Crippen LogP contribution in [0.1, 0.15) is 18.2 Å². The summed E-state index contributed by atoms with van der Waals surface area (Å²) in [4.78, 5) is 4.55. The summed E-state index contributed by atoms with van der Waals surface area (Å²) in [6.45, 7) is 2.15. The van der Waals surface area contributed by atoms with Gasteiger partial charge in [0.15, 0.2) is 0 Å². The Morgan fingerprint density at radius 1 is 1.41 bits per heavy atom. The molecule has 0 aliphatic carbocycles. The molecule has 2 nitrogen and oxygen atoms in total. The molecule has 1 aromatic carbocycles. The van der Waals surface area contributed by atoms with Crippen molar-refractivity contribution >= 4 is 24.0 Å². The number of thiol groups is 1. The first-order valence-electron chi connectivity index (χ1n) is 5.51. The highest BCUT2D eigenvalue weighted by atomic mass is 32.1. The third kappa shape index (κ3) is 2.64. The SMILES string of the molecule is CCc1ccc(OC)c(-c2nc(CS)cs2)c1. The van der Waals surface area contributed by atoms with Crippen molar-refractivity contribution in [3.05, 3.63) is 34.8 Å². The van der Waals surface area contributed by atoms with Crippen LogP contribution in [-0.2, 0) is 12.2 Å². The fraction of sp³-hybridized carbons (Fsp3) is 0.308. The van der Waals surface area contributed by atoms with E-state index in [1.807, 2.05) is 11.4 Å². The third-order valence-electron chi connectivity index (χ3n) is 2.62. The fourth-order valence-corrected chi connectivity index (χ4v) is 2.77. The van der Waals surface area contributed by atoms with Crippen molar-refractivity contribution in [1.29, 1.82) is 0 Å². The number of hydrogen-bond acceptors (Lipinski definition) is 4. The Morgan fingerprint density at radius 3 is 2.82 bits per heavy atom. The first-order chi connectivity index (χ1) is 8.28. The smallest absolute Gasteiger partial charge is 0.129 e. The topological polar surface area (TPSA) is 22.1 Å². The largest absolute Gasteiger partial charge is 0.496 e. The Bertz CT molecular complexity index is 508. The van der Waals surface area contributed by atoms with Gasteiger partial charge in [-0.2, -0.15) is 12.6 Å². The minimum atomic E-state index is 0.673. The lowest BCUT2D eigenvalue weighted by Gasteiger charge is -2.07. The summed E-state index contributed by atoms with van der Waals surface area (Å²) < 4.78 is 5.39. The van der Waals surface area contributed by atoms with Crippen molar-refractivity contribution in [2.24, 2.45) is 0 Å². The van der Waals surface area contributed by atoms with Crippen molar-refractivity contribution in [3.8, 4) is 16.3 Å². The average molecular weight is 265 g/mol. The first kappa shape index (κ1) is 12.5. The van der Waals surface area contributed by atoms with Crippen LogP contribution in [-0.4, -0.2) is 12.1 Å².